The maximum atomic E-state index is 15.1. The molecule has 190 valence electrons. The monoisotopic (exact) mass is 512 g/mol. The summed E-state index contributed by atoms with van der Waals surface area (Å²) in [5.74, 6) is -1.44. The maximum Gasteiger partial charge on any atom is 0.240 e. The Hall–Kier alpha value is -3.20. The highest BCUT2D eigenvalue weighted by Gasteiger charge is 2.40. The molecule has 6 nitrogen and oxygen atoms in total. The molecule has 36 heavy (non-hydrogen) atoms. The number of aromatic nitrogens is 2. The van der Waals surface area contributed by atoms with Crippen LogP contribution in [-0.2, 0) is 15.1 Å². The van der Waals surface area contributed by atoms with Crippen LogP contribution in [0.25, 0.3) is 11.3 Å². The van der Waals surface area contributed by atoms with Crippen molar-refractivity contribution >= 4 is 29.4 Å². The van der Waals surface area contributed by atoms with E-state index < -0.39 is 22.4 Å². The first-order chi connectivity index (χ1) is 17.1. The first-order valence-corrected chi connectivity index (χ1v) is 13.0. The SMILES string of the molecule is CCCNC(=O)CN1C(=O)CS[C@@H](c2ccc(F)cc2F)c2c(-c3ccccc3)nn(C(C)(C)C)c21. The Morgan fingerprint density at radius 1 is 1.17 bits per heavy atom. The largest absolute Gasteiger partial charge is 0.355 e. The number of amides is 2. The van der Waals surface area contributed by atoms with E-state index in [1.807, 2.05) is 58.0 Å². The third-order valence-electron chi connectivity index (χ3n) is 5.89. The summed E-state index contributed by atoms with van der Waals surface area (Å²) in [6.07, 6.45) is 0.769. The number of hydrogen-bond acceptors (Lipinski definition) is 4. The highest BCUT2D eigenvalue weighted by molar-refractivity contribution is 8.00. The third kappa shape index (κ3) is 5.16. The van der Waals surface area contributed by atoms with Gasteiger partial charge in [-0.05, 0) is 33.3 Å². The van der Waals surface area contributed by atoms with Gasteiger partial charge in [-0.3, -0.25) is 14.5 Å². The second kappa shape index (κ2) is 10.4. The molecule has 1 aliphatic rings. The molecule has 0 saturated heterocycles. The average molecular weight is 513 g/mol. The molecule has 1 aliphatic heterocycles. The number of nitrogens with zero attached hydrogens (tertiary/aromatic N) is 3. The Labute approximate surface area is 214 Å². The van der Waals surface area contributed by atoms with Crippen LogP contribution in [-0.4, -0.2) is 40.4 Å². The highest BCUT2D eigenvalue weighted by atomic mass is 32.2. The van der Waals surface area contributed by atoms with Crippen molar-refractivity contribution in [1.82, 2.24) is 15.1 Å². The van der Waals surface area contributed by atoms with Gasteiger partial charge in [0.1, 0.15) is 24.0 Å². The predicted octanol–water partition coefficient (Wildman–Crippen LogP) is 5.28. The Kier molecular flexibility index (Phi) is 7.49. The second-order valence-electron chi connectivity index (χ2n) is 9.72. The maximum absolute atomic E-state index is 15.1. The molecule has 0 radical (unpaired) electrons. The molecule has 3 aromatic rings. The number of halogens is 2. The van der Waals surface area contributed by atoms with E-state index in [1.54, 1.807) is 4.68 Å². The van der Waals surface area contributed by atoms with Gasteiger partial charge in [0.25, 0.3) is 0 Å². The van der Waals surface area contributed by atoms with Crippen molar-refractivity contribution in [3.8, 4) is 11.3 Å². The summed E-state index contributed by atoms with van der Waals surface area (Å²) in [4.78, 5) is 27.7. The van der Waals surface area contributed by atoms with Crippen LogP contribution < -0.4 is 10.2 Å². The molecule has 0 saturated carbocycles. The molecule has 0 bridgehead atoms. The molecular weight excluding hydrogens is 482 g/mol. The van der Waals surface area contributed by atoms with Crippen molar-refractivity contribution in [3.63, 3.8) is 0 Å². The smallest absolute Gasteiger partial charge is 0.240 e. The number of benzene rings is 2. The molecule has 0 spiro atoms. The summed E-state index contributed by atoms with van der Waals surface area (Å²) in [5.41, 5.74) is 1.72. The number of fused-ring (bicyclic) bond motifs is 1. The topological polar surface area (TPSA) is 67.2 Å². The van der Waals surface area contributed by atoms with E-state index in [2.05, 4.69) is 5.32 Å². The van der Waals surface area contributed by atoms with Crippen LogP contribution >= 0.6 is 11.8 Å². The van der Waals surface area contributed by atoms with Gasteiger partial charge in [0.2, 0.25) is 11.8 Å². The Morgan fingerprint density at radius 2 is 1.89 bits per heavy atom. The number of carbonyl (C=O) groups excluding carboxylic acids is 2. The van der Waals surface area contributed by atoms with Crippen molar-refractivity contribution in [3.05, 3.63) is 71.3 Å². The fourth-order valence-corrected chi connectivity index (χ4v) is 5.44. The molecule has 4 rings (SSSR count). The lowest BCUT2D eigenvalue weighted by Gasteiger charge is -2.28. The predicted molar refractivity (Wildman–Crippen MR) is 139 cm³/mol. The van der Waals surface area contributed by atoms with E-state index in [-0.39, 0.29) is 29.7 Å². The van der Waals surface area contributed by atoms with E-state index in [0.717, 1.165) is 18.1 Å². The van der Waals surface area contributed by atoms with Crippen molar-refractivity contribution in [1.29, 1.82) is 0 Å². The van der Waals surface area contributed by atoms with Gasteiger partial charge in [0.15, 0.2) is 0 Å². The third-order valence-corrected chi connectivity index (χ3v) is 7.13. The lowest BCUT2D eigenvalue weighted by molar-refractivity contribution is -0.122. The first kappa shape index (κ1) is 25.9. The van der Waals surface area contributed by atoms with E-state index in [9.17, 15) is 14.0 Å². The van der Waals surface area contributed by atoms with Gasteiger partial charge in [-0.15, -0.1) is 11.8 Å². The fraction of sp³-hybridized carbons (Fsp3) is 0.370. The van der Waals surface area contributed by atoms with Crippen LogP contribution in [0, 0.1) is 11.6 Å². The minimum absolute atomic E-state index is 0.0234. The number of hydrogen-bond donors (Lipinski definition) is 1. The normalized spacial score (nSPS) is 16.0. The summed E-state index contributed by atoms with van der Waals surface area (Å²) in [6.45, 7) is 8.15. The van der Waals surface area contributed by atoms with Gasteiger partial charge in [-0.25, -0.2) is 13.5 Å². The Balaban J connectivity index is 2.00. The van der Waals surface area contributed by atoms with Gasteiger partial charge in [-0.1, -0.05) is 43.3 Å². The van der Waals surface area contributed by atoms with E-state index >= 15 is 4.39 Å². The number of rotatable bonds is 6. The molecule has 9 heteroatoms. The van der Waals surface area contributed by atoms with E-state index in [4.69, 9.17) is 5.10 Å². The number of carbonyl (C=O) groups is 2. The van der Waals surface area contributed by atoms with Gasteiger partial charge < -0.3 is 5.32 Å². The van der Waals surface area contributed by atoms with Crippen LogP contribution in [0.3, 0.4) is 0 Å². The number of anilines is 1. The van der Waals surface area contributed by atoms with Gasteiger partial charge in [-0.2, -0.15) is 5.10 Å². The van der Waals surface area contributed by atoms with Crippen molar-refractivity contribution < 1.29 is 18.4 Å². The number of thioether (sulfide) groups is 1. The lowest BCUT2D eigenvalue weighted by atomic mass is 9.98. The van der Waals surface area contributed by atoms with Crippen LogP contribution in [0.1, 0.15) is 50.5 Å². The average Bonchev–Trinajstić information content (AvgIpc) is 3.18. The summed E-state index contributed by atoms with van der Waals surface area (Å²) < 4.78 is 30.7. The molecule has 1 N–H and O–H groups in total. The second-order valence-corrected chi connectivity index (χ2v) is 10.8. The molecule has 0 unspecified atom stereocenters. The molecule has 0 aliphatic carbocycles. The van der Waals surface area contributed by atoms with Crippen molar-refractivity contribution in [2.24, 2.45) is 0 Å². The summed E-state index contributed by atoms with van der Waals surface area (Å²) in [6, 6.07) is 13.0. The minimum atomic E-state index is -0.692. The van der Waals surface area contributed by atoms with Gasteiger partial charge in [0.05, 0.1) is 22.2 Å². The Morgan fingerprint density at radius 3 is 2.53 bits per heavy atom. The van der Waals surface area contributed by atoms with Crippen LogP contribution in [0.15, 0.2) is 48.5 Å². The molecule has 2 aromatic carbocycles. The standard InChI is InChI=1S/C27H30F2N4O2S/c1-5-13-30-21(34)15-32-22(35)16-36-25(19-12-11-18(28)14-20(19)29)23-24(17-9-7-6-8-10-17)31-33(26(23)32)27(2,3)4/h6-12,14,25H,5,13,15-16H2,1-4H3,(H,30,34)/t25-/m0/s1. The summed E-state index contributed by atoms with van der Waals surface area (Å²) in [5, 5.41) is 7.13. The molecule has 2 amide bonds. The number of nitrogens with one attached hydrogen (secondary N) is 1. The molecule has 1 atom stereocenters. The molecule has 2 heterocycles. The highest BCUT2D eigenvalue weighted by Crippen LogP contribution is 2.49. The molecule has 1 aromatic heterocycles. The Bertz CT molecular complexity index is 1270. The summed E-state index contributed by atoms with van der Waals surface area (Å²) in [7, 11) is 0. The van der Waals surface area contributed by atoms with Crippen LogP contribution in [0.5, 0.6) is 0 Å². The first-order valence-electron chi connectivity index (χ1n) is 11.9. The quantitative estimate of drug-likeness (QED) is 0.488. The zero-order valence-electron chi connectivity index (χ0n) is 20.8. The van der Waals surface area contributed by atoms with Gasteiger partial charge in [0, 0.05) is 29.3 Å². The molecule has 0 fully saturated rings. The van der Waals surface area contributed by atoms with E-state index in [0.29, 0.717) is 23.6 Å². The van der Waals surface area contributed by atoms with Crippen LogP contribution in [0.2, 0.25) is 0 Å². The zero-order chi connectivity index (χ0) is 26.0. The van der Waals surface area contributed by atoms with Crippen LogP contribution in [0.4, 0.5) is 14.6 Å². The van der Waals surface area contributed by atoms with Crippen molar-refractivity contribution in [2.75, 3.05) is 23.7 Å². The molecular formula is C27H30F2N4O2S. The zero-order valence-corrected chi connectivity index (χ0v) is 21.7. The van der Waals surface area contributed by atoms with Gasteiger partial charge >= 0.3 is 0 Å². The minimum Gasteiger partial charge on any atom is -0.355 e. The van der Waals surface area contributed by atoms with Crippen molar-refractivity contribution in [2.45, 2.75) is 44.9 Å². The fourth-order valence-electron chi connectivity index (χ4n) is 4.22. The van der Waals surface area contributed by atoms with E-state index in [1.165, 1.54) is 28.8 Å². The lowest BCUT2D eigenvalue weighted by Crippen LogP contribution is -2.44. The summed E-state index contributed by atoms with van der Waals surface area (Å²) >= 11 is 1.25.